The van der Waals surface area contributed by atoms with Gasteiger partial charge in [-0.3, -0.25) is 0 Å². The van der Waals surface area contributed by atoms with Crippen LogP contribution in [0.2, 0.25) is 0 Å². The van der Waals surface area contributed by atoms with Crippen LogP contribution in [-0.2, 0) is 4.74 Å². The molecule has 2 aromatic rings. The fourth-order valence-corrected chi connectivity index (χ4v) is 4.06. The molecule has 2 aromatic carbocycles. The summed E-state index contributed by atoms with van der Waals surface area (Å²) in [5, 5.41) is 12.3. The molecule has 0 radical (unpaired) electrons. The molecule has 0 amide bonds. The minimum Gasteiger partial charge on any atom is -0.506 e. The lowest BCUT2D eigenvalue weighted by Gasteiger charge is -2.32. The van der Waals surface area contributed by atoms with Crippen LogP contribution >= 0.6 is 0 Å². The molecule has 1 fully saturated rings. The van der Waals surface area contributed by atoms with Gasteiger partial charge in [-0.05, 0) is 33.4 Å². The van der Waals surface area contributed by atoms with Crippen LogP contribution in [0, 0.1) is 0 Å². The van der Waals surface area contributed by atoms with Crippen molar-refractivity contribution < 1.29 is 19.4 Å². The van der Waals surface area contributed by atoms with E-state index in [1.807, 2.05) is 44.2 Å². The van der Waals surface area contributed by atoms with Crippen molar-refractivity contribution in [3.05, 3.63) is 41.5 Å². The van der Waals surface area contributed by atoms with Crippen LogP contribution in [0.15, 0.2) is 30.3 Å². The van der Waals surface area contributed by atoms with Gasteiger partial charge in [-0.2, -0.15) is 0 Å². The molecule has 0 aromatic heterocycles. The number of likely N-dealkylation sites (N-methyl/N-ethyl adjacent to an activating group) is 1. The fourth-order valence-electron chi connectivity index (χ4n) is 4.06. The molecule has 1 saturated heterocycles. The van der Waals surface area contributed by atoms with Crippen molar-refractivity contribution in [3.8, 4) is 11.5 Å². The first-order valence-electron chi connectivity index (χ1n) is 10.6. The lowest BCUT2D eigenvalue weighted by Crippen LogP contribution is -2.44. The third-order valence-corrected chi connectivity index (χ3v) is 5.85. The van der Waals surface area contributed by atoms with Crippen LogP contribution in [0.3, 0.4) is 0 Å². The van der Waals surface area contributed by atoms with Crippen LogP contribution in [0.25, 0.3) is 16.8 Å². The molecule has 0 spiro atoms. The maximum Gasteiger partial charge on any atom is 0.342 e. The summed E-state index contributed by atoms with van der Waals surface area (Å²) in [4.78, 5) is 17.7. The maximum atomic E-state index is 12.9. The molecule has 0 bridgehead atoms. The molecule has 0 aliphatic carbocycles. The van der Waals surface area contributed by atoms with Crippen molar-refractivity contribution in [1.82, 2.24) is 9.80 Å². The standard InChI is InChI=1S/C24H30N2O4/c1-24(2)10-9-19-20(21(27)17-7-4-5-8-18(17)22(19)30-24)23(28)29-16-6-11-26-14-12-25(3)13-15-26/h4-5,7-10,27H,6,11-16H2,1-3H3. The molecule has 0 atom stereocenters. The van der Waals surface area contributed by atoms with Crippen molar-refractivity contribution in [2.45, 2.75) is 25.9 Å². The average molecular weight is 411 g/mol. The number of piperazine rings is 1. The number of fused-ring (bicyclic) bond motifs is 3. The second kappa shape index (κ2) is 8.28. The van der Waals surface area contributed by atoms with Gasteiger partial charge in [0, 0.05) is 49.1 Å². The zero-order valence-electron chi connectivity index (χ0n) is 18.0. The Balaban J connectivity index is 1.52. The van der Waals surface area contributed by atoms with Gasteiger partial charge in [0.2, 0.25) is 0 Å². The first-order chi connectivity index (χ1) is 14.4. The maximum absolute atomic E-state index is 12.9. The van der Waals surface area contributed by atoms with Gasteiger partial charge in [-0.15, -0.1) is 0 Å². The van der Waals surface area contributed by atoms with Gasteiger partial charge in [0.15, 0.2) is 0 Å². The Labute approximate surface area is 177 Å². The Kier molecular flexibility index (Phi) is 5.71. The van der Waals surface area contributed by atoms with Gasteiger partial charge in [0.1, 0.15) is 22.7 Å². The number of ether oxygens (including phenoxy) is 2. The van der Waals surface area contributed by atoms with E-state index in [1.54, 1.807) is 6.07 Å². The van der Waals surface area contributed by atoms with Crippen molar-refractivity contribution >= 4 is 22.8 Å². The highest BCUT2D eigenvalue weighted by Gasteiger charge is 2.30. The minimum atomic E-state index is -0.513. The second-order valence-corrected chi connectivity index (χ2v) is 8.69. The molecule has 6 nitrogen and oxygen atoms in total. The highest BCUT2D eigenvalue weighted by Crippen LogP contribution is 2.44. The number of hydrogen-bond acceptors (Lipinski definition) is 6. The number of rotatable bonds is 5. The first kappa shape index (κ1) is 20.7. The third-order valence-electron chi connectivity index (χ3n) is 5.85. The molecule has 0 saturated carbocycles. The number of carbonyl (C=O) groups excluding carboxylic acids is 1. The molecular formula is C24H30N2O4. The van der Waals surface area contributed by atoms with Crippen LogP contribution in [-0.4, -0.2) is 72.9 Å². The van der Waals surface area contributed by atoms with Gasteiger partial charge in [-0.25, -0.2) is 4.79 Å². The Morgan fingerprint density at radius 1 is 1.17 bits per heavy atom. The molecule has 30 heavy (non-hydrogen) atoms. The number of hydrogen-bond donors (Lipinski definition) is 1. The minimum absolute atomic E-state index is 0.0543. The van der Waals surface area contributed by atoms with Gasteiger partial charge in [0.25, 0.3) is 0 Å². The van der Waals surface area contributed by atoms with Crippen LogP contribution in [0.4, 0.5) is 0 Å². The fraction of sp³-hybridized carbons (Fsp3) is 0.458. The highest BCUT2D eigenvalue weighted by atomic mass is 16.5. The Hall–Kier alpha value is -2.57. The second-order valence-electron chi connectivity index (χ2n) is 8.69. The quantitative estimate of drug-likeness (QED) is 0.601. The van der Waals surface area contributed by atoms with Gasteiger partial charge >= 0.3 is 5.97 Å². The largest absolute Gasteiger partial charge is 0.506 e. The van der Waals surface area contributed by atoms with Crippen molar-refractivity contribution in [2.24, 2.45) is 0 Å². The number of benzene rings is 2. The Morgan fingerprint density at radius 2 is 1.87 bits per heavy atom. The summed E-state index contributed by atoms with van der Waals surface area (Å²) in [6.45, 7) is 9.37. The molecule has 2 aliphatic heterocycles. The Bertz CT molecular complexity index is 975. The average Bonchev–Trinajstić information content (AvgIpc) is 2.73. The van der Waals surface area contributed by atoms with E-state index in [9.17, 15) is 9.90 Å². The monoisotopic (exact) mass is 410 g/mol. The van der Waals surface area contributed by atoms with E-state index >= 15 is 0 Å². The SMILES string of the molecule is CN1CCN(CCCOC(=O)c2c3c(c4ccccc4c2O)OC(C)(C)C=C3)CC1. The van der Waals surface area contributed by atoms with E-state index in [-0.39, 0.29) is 11.3 Å². The summed E-state index contributed by atoms with van der Waals surface area (Å²) in [5.41, 5.74) is 0.265. The van der Waals surface area contributed by atoms with Gasteiger partial charge in [-0.1, -0.05) is 30.3 Å². The number of phenols is 1. The lowest BCUT2D eigenvalue weighted by atomic mass is 9.93. The summed E-state index contributed by atoms with van der Waals surface area (Å²) in [5.74, 6) is 0.0440. The molecule has 1 N–H and O–H groups in total. The van der Waals surface area contributed by atoms with E-state index in [0.717, 1.165) is 44.5 Å². The first-order valence-corrected chi connectivity index (χ1v) is 10.6. The van der Waals surface area contributed by atoms with Crippen molar-refractivity contribution in [1.29, 1.82) is 0 Å². The summed E-state index contributed by atoms with van der Waals surface area (Å²) < 4.78 is 11.7. The molecule has 4 rings (SSSR count). The molecule has 2 heterocycles. The van der Waals surface area contributed by atoms with E-state index < -0.39 is 11.6 Å². The van der Waals surface area contributed by atoms with Crippen LogP contribution in [0.1, 0.15) is 36.2 Å². The predicted octanol–water partition coefficient (Wildman–Crippen LogP) is 3.52. The summed E-state index contributed by atoms with van der Waals surface area (Å²) >= 11 is 0. The lowest BCUT2D eigenvalue weighted by molar-refractivity contribution is 0.0475. The topological polar surface area (TPSA) is 62.2 Å². The van der Waals surface area contributed by atoms with Crippen LogP contribution < -0.4 is 4.74 Å². The Morgan fingerprint density at radius 3 is 2.60 bits per heavy atom. The van der Waals surface area contributed by atoms with E-state index in [2.05, 4.69) is 16.8 Å². The molecule has 160 valence electrons. The number of carbonyl (C=O) groups is 1. The smallest absolute Gasteiger partial charge is 0.342 e. The van der Waals surface area contributed by atoms with Gasteiger partial charge in [0.05, 0.1) is 6.61 Å². The van der Waals surface area contributed by atoms with Gasteiger partial charge < -0.3 is 24.4 Å². The molecule has 0 unspecified atom stereocenters. The number of esters is 1. The number of aromatic hydroxyl groups is 1. The zero-order valence-corrected chi connectivity index (χ0v) is 18.0. The zero-order chi connectivity index (χ0) is 21.3. The number of phenolic OH excluding ortho intramolecular Hbond substituents is 1. The summed E-state index contributed by atoms with van der Waals surface area (Å²) in [6.07, 6.45) is 4.52. The number of nitrogens with zero attached hydrogens (tertiary/aromatic N) is 2. The summed E-state index contributed by atoms with van der Waals surface area (Å²) in [6, 6.07) is 7.43. The predicted molar refractivity (Wildman–Crippen MR) is 118 cm³/mol. The normalized spacial score (nSPS) is 18.8. The van der Waals surface area contributed by atoms with E-state index in [4.69, 9.17) is 9.47 Å². The van der Waals surface area contributed by atoms with E-state index in [1.165, 1.54) is 0 Å². The van der Waals surface area contributed by atoms with Crippen molar-refractivity contribution in [2.75, 3.05) is 46.4 Å². The van der Waals surface area contributed by atoms with Crippen molar-refractivity contribution in [3.63, 3.8) is 0 Å². The molecule has 6 heteroatoms. The highest BCUT2D eigenvalue weighted by molar-refractivity contribution is 6.08. The third kappa shape index (κ3) is 4.16. The molecule has 2 aliphatic rings. The molecular weight excluding hydrogens is 380 g/mol. The van der Waals surface area contributed by atoms with Crippen LogP contribution in [0.5, 0.6) is 11.5 Å². The summed E-state index contributed by atoms with van der Waals surface area (Å²) in [7, 11) is 2.13. The van der Waals surface area contributed by atoms with E-state index in [0.29, 0.717) is 23.3 Å².